The molecule has 3 rings (SSSR count). The Morgan fingerprint density at radius 2 is 2.09 bits per heavy atom. The van der Waals surface area contributed by atoms with Crippen molar-refractivity contribution in [2.45, 2.75) is 18.4 Å². The highest BCUT2D eigenvalue weighted by Crippen LogP contribution is 2.35. The van der Waals surface area contributed by atoms with Gasteiger partial charge in [-0.1, -0.05) is 53.7 Å². The van der Waals surface area contributed by atoms with Crippen LogP contribution in [0.3, 0.4) is 0 Å². The molecular weight excluding hydrogens is 284 g/mol. The minimum Gasteiger partial charge on any atom is -0.480 e. The molecular formula is C16H14N2O4. The molecule has 1 unspecified atom stereocenters. The highest BCUT2D eigenvalue weighted by Gasteiger charge is 2.43. The average molecular weight is 298 g/mol. The maximum absolute atomic E-state index is 11.8. The fourth-order valence-electron chi connectivity index (χ4n) is 2.40. The maximum Gasteiger partial charge on any atom is 0.321 e. The number of carboxylic acids is 1. The molecule has 0 radical (unpaired) electrons. The Labute approximate surface area is 126 Å². The lowest BCUT2D eigenvalue weighted by molar-refractivity contribution is -0.142. The van der Waals surface area contributed by atoms with Crippen LogP contribution < -0.4 is 0 Å². The summed E-state index contributed by atoms with van der Waals surface area (Å²) in [6.45, 7) is -0.419. The molecule has 1 aromatic carbocycles. The van der Waals surface area contributed by atoms with E-state index in [1.165, 1.54) is 0 Å². The molecule has 22 heavy (non-hydrogen) atoms. The molecule has 2 aromatic rings. The van der Waals surface area contributed by atoms with E-state index in [2.05, 4.69) is 10.1 Å². The van der Waals surface area contributed by atoms with Crippen LogP contribution in [0.25, 0.3) is 5.57 Å². The fraction of sp³-hybridized carbons (Fsp3) is 0.188. The first-order valence-electron chi connectivity index (χ1n) is 6.78. The molecule has 2 N–H and O–H groups in total. The normalized spacial score (nSPS) is 20.7. The summed E-state index contributed by atoms with van der Waals surface area (Å²) in [6.07, 6.45) is 5.39. The van der Waals surface area contributed by atoms with Gasteiger partial charge in [0.15, 0.2) is 11.2 Å². The molecule has 0 aliphatic heterocycles. The summed E-state index contributed by atoms with van der Waals surface area (Å²) < 4.78 is 4.82. The summed E-state index contributed by atoms with van der Waals surface area (Å²) in [5.41, 5.74) is 0.597. The lowest BCUT2D eigenvalue weighted by Gasteiger charge is -2.24. The summed E-state index contributed by atoms with van der Waals surface area (Å²) in [5.74, 6) is -1.01. The van der Waals surface area contributed by atoms with Gasteiger partial charge in [-0.25, -0.2) is 0 Å². The van der Waals surface area contributed by atoms with E-state index in [9.17, 15) is 9.90 Å². The molecule has 0 amide bonds. The van der Waals surface area contributed by atoms with E-state index in [1.54, 1.807) is 12.2 Å². The number of aliphatic carboxylic acids is 1. The molecule has 1 aliphatic carbocycles. The Kier molecular flexibility index (Phi) is 3.60. The van der Waals surface area contributed by atoms with Gasteiger partial charge in [-0.2, -0.15) is 4.98 Å². The van der Waals surface area contributed by atoms with E-state index in [4.69, 9.17) is 9.63 Å². The Morgan fingerprint density at radius 1 is 1.32 bits per heavy atom. The van der Waals surface area contributed by atoms with Gasteiger partial charge < -0.3 is 14.7 Å². The quantitative estimate of drug-likeness (QED) is 0.895. The number of hydrogen-bond donors (Lipinski definition) is 2. The first-order valence-corrected chi connectivity index (χ1v) is 6.78. The summed E-state index contributed by atoms with van der Waals surface area (Å²) in [4.78, 5) is 15.7. The van der Waals surface area contributed by atoms with E-state index in [-0.39, 0.29) is 18.1 Å². The number of rotatable bonds is 4. The van der Waals surface area contributed by atoms with Gasteiger partial charge in [-0.15, -0.1) is 0 Å². The number of allylic oxidation sites excluding steroid dienone is 3. The Hall–Kier alpha value is -2.73. The van der Waals surface area contributed by atoms with Crippen LogP contribution in [-0.2, 0) is 16.8 Å². The Balaban J connectivity index is 1.95. The van der Waals surface area contributed by atoms with E-state index < -0.39 is 18.0 Å². The van der Waals surface area contributed by atoms with Crippen LogP contribution in [0.4, 0.5) is 0 Å². The van der Waals surface area contributed by atoms with Crippen LogP contribution in [0.15, 0.2) is 53.1 Å². The van der Waals surface area contributed by atoms with Crippen molar-refractivity contribution < 1.29 is 19.5 Å². The van der Waals surface area contributed by atoms with E-state index >= 15 is 0 Å². The van der Waals surface area contributed by atoms with Gasteiger partial charge in [0.25, 0.3) is 5.89 Å². The second kappa shape index (κ2) is 5.57. The molecule has 0 spiro atoms. The van der Waals surface area contributed by atoms with Gasteiger partial charge in [0.2, 0.25) is 0 Å². The second-order valence-corrected chi connectivity index (χ2v) is 5.01. The Morgan fingerprint density at radius 3 is 2.64 bits per heavy atom. The SMILES string of the molecule is O=C(O)C1(c2noc(CO)n2)C=CC(c2ccccc2)=CC1. The standard InChI is InChI=1S/C16H14N2O4/c19-10-13-17-14(18-22-13)16(15(20)21)8-6-12(7-9-16)11-4-2-1-3-5-11/h1-8,19H,9-10H2,(H,20,21). The summed E-state index contributed by atoms with van der Waals surface area (Å²) in [6, 6.07) is 9.70. The molecule has 1 aliphatic rings. The molecule has 1 heterocycles. The zero-order valence-corrected chi connectivity index (χ0v) is 11.6. The first kappa shape index (κ1) is 14.2. The van der Waals surface area contributed by atoms with Crippen LogP contribution in [-0.4, -0.2) is 26.3 Å². The Bertz CT molecular complexity index is 749. The predicted molar refractivity (Wildman–Crippen MR) is 77.7 cm³/mol. The van der Waals surface area contributed by atoms with Crippen molar-refractivity contribution in [2.24, 2.45) is 0 Å². The third-order valence-electron chi connectivity index (χ3n) is 3.68. The van der Waals surface area contributed by atoms with Gasteiger partial charge in [0, 0.05) is 0 Å². The third-order valence-corrected chi connectivity index (χ3v) is 3.68. The number of hydrogen-bond acceptors (Lipinski definition) is 5. The molecule has 0 saturated carbocycles. The number of aromatic nitrogens is 2. The van der Waals surface area contributed by atoms with Gasteiger partial charge >= 0.3 is 5.97 Å². The lowest BCUT2D eigenvalue weighted by Crippen LogP contribution is -2.35. The second-order valence-electron chi connectivity index (χ2n) is 5.01. The minimum absolute atomic E-state index is 0.00172. The van der Waals surface area contributed by atoms with Crippen molar-refractivity contribution in [1.29, 1.82) is 0 Å². The zero-order valence-electron chi connectivity index (χ0n) is 11.6. The summed E-state index contributed by atoms with van der Waals surface area (Å²) in [5, 5.41) is 22.3. The largest absolute Gasteiger partial charge is 0.480 e. The molecule has 1 atom stereocenters. The van der Waals surface area contributed by atoms with E-state index in [1.807, 2.05) is 36.4 Å². The molecule has 0 saturated heterocycles. The highest BCUT2D eigenvalue weighted by molar-refractivity contribution is 5.87. The third kappa shape index (κ3) is 2.33. The van der Waals surface area contributed by atoms with Crippen molar-refractivity contribution in [1.82, 2.24) is 10.1 Å². The molecule has 0 bridgehead atoms. The van der Waals surface area contributed by atoms with Gasteiger partial charge in [0.05, 0.1) is 0 Å². The highest BCUT2D eigenvalue weighted by atomic mass is 16.5. The van der Waals surface area contributed by atoms with E-state index in [0.717, 1.165) is 11.1 Å². The fourth-order valence-corrected chi connectivity index (χ4v) is 2.40. The van der Waals surface area contributed by atoms with Crippen molar-refractivity contribution in [3.8, 4) is 0 Å². The van der Waals surface area contributed by atoms with Crippen LogP contribution in [0.5, 0.6) is 0 Å². The maximum atomic E-state index is 11.8. The zero-order chi connectivity index (χ0) is 15.6. The van der Waals surface area contributed by atoms with Crippen LogP contribution in [0.1, 0.15) is 23.7 Å². The molecule has 1 aromatic heterocycles. The molecule has 0 fully saturated rings. The van der Waals surface area contributed by atoms with E-state index in [0.29, 0.717) is 0 Å². The van der Waals surface area contributed by atoms with Gasteiger partial charge in [-0.05, 0) is 17.6 Å². The number of nitrogens with zero attached hydrogens (tertiary/aromatic N) is 2. The smallest absolute Gasteiger partial charge is 0.321 e. The van der Waals surface area contributed by atoms with Gasteiger partial charge in [0.1, 0.15) is 6.61 Å². The predicted octanol–water partition coefficient (Wildman–Crippen LogP) is 1.93. The van der Waals surface area contributed by atoms with Crippen LogP contribution in [0, 0.1) is 0 Å². The first-order chi connectivity index (χ1) is 10.7. The van der Waals surface area contributed by atoms with Crippen molar-refractivity contribution >= 4 is 11.5 Å². The minimum atomic E-state index is -1.37. The average Bonchev–Trinajstić information content (AvgIpc) is 3.05. The van der Waals surface area contributed by atoms with Crippen LogP contribution >= 0.6 is 0 Å². The summed E-state index contributed by atoms with van der Waals surface area (Å²) >= 11 is 0. The van der Waals surface area contributed by atoms with Crippen molar-refractivity contribution in [3.05, 3.63) is 65.8 Å². The molecule has 112 valence electrons. The van der Waals surface area contributed by atoms with Crippen LogP contribution in [0.2, 0.25) is 0 Å². The number of carboxylic acid groups (broad SMARTS) is 1. The number of benzene rings is 1. The number of aliphatic hydroxyl groups is 1. The van der Waals surface area contributed by atoms with Gasteiger partial charge in [-0.3, -0.25) is 4.79 Å². The van der Waals surface area contributed by atoms with Crippen molar-refractivity contribution in [2.75, 3.05) is 0 Å². The topological polar surface area (TPSA) is 96.5 Å². The van der Waals surface area contributed by atoms with Crippen molar-refractivity contribution in [3.63, 3.8) is 0 Å². The summed E-state index contributed by atoms with van der Waals surface area (Å²) in [7, 11) is 0. The number of aliphatic hydroxyl groups excluding tert-OH is 1. The number of carbonyl (C=O) groups is 1. The molecule has 6 nitrogen and oxygen atoms in total. The molecule has 6 heteroatoms. The monoisotopic (exact) mass is 298 g/mol. The lowest BCUT2D eigenvalue weighted by atomic mass is 9.78.